The molecule has 0 radical (unpaired) electrons. The number of hydrogen-bond acceptors (Lipinski definition) is 2. The van der Waals surface area contributed by atoms with Gasteiger partial charge in [-0.1, -0.05) is 35.8 Å². The van der Waals surface area contributed by atoms with Crippen molar-refractivity contribution in [1.82, 2.24) is 14.5 Å². The molecule has 1 aliphatic heterocycles. The molecule has 2 aromatic carbocycles. The molecule has 2 heterocycles. The minimum absolute atomic E-state index is 0.112. The Morgan fingerprint density at radius 1 is 1.13 bits per heavy atom. The molecule has 23 heavy (non-hydrogen) atoms. The minimum atomic E-state index is -3.46. The largest absolute Gasteiger partial charge is 0.322 e. The van der Waals surface area contributed by atoms with Crippen LogP contribution >= 0.6 is 11.6 Å². The quantitative estimate of drug-likeness (QED) is 0.702. The van der Waals surface area contributed by atoms with Crippen molar-refractivity contribution in [2.75, 3.05) is 13.0 Å². The number of para-hydroxylation sites is 2. The van der Waals surface area contributed by atoms with Crippen LogP contribution in [-0.4, -0.2) is 27.4 Å². The maximum Gasteiger partial charge on any atom is 0.124 e. The van der Waals surface area contributed by atoms with E-state index in [-0.39, 0.29) is 4.90 Å². The molecular weight excluding hydrogens is 306 g/mol. The van der Waals surface area contributed by atoms with Gasteiger partial charge in [0.1, 0.15) is 5.82 Å². The fourth-order valence-corrected chi connectivity index (χ4v) is 2.08. The van der Waals surface area contributed by atoms with Crippen LogP contribution in [0.2, 0.25) is 5.02 Å². The summed E-state index contributed by atoms with van der Waals surface area (Å²) in [7, 11) is 0. The van der Waals surface area contributed by atoms with Gasteiger partial charge in [0.05, 0.1) is 31.3 Å². The third-order valence-corrected chi connectivity index (χ3v) is 3.12. The molecule has 1 saturated heterocycles. The molecule has 4 rings (SSSR count). The first-order valence-electron chi connectivity index (χ1n) is 15.4. The highest BCUT2D eigenvalue weighted by atomic mass is 35.5. The first kappa shape index (κ1) is 4.84. The van der Waals surface area contributed by atoms with Gasteiger partial charge >= 0.3 is 0 Å². The van der Waals surface area contributed by atoms with Crippen molar-refractivity contribution < 1.29 is 24.7 Å². The summed E-state index contributed by atoms with van der Waals surface area (Å²) in [6, 6.07) is -6.81. The van der Waals surface area contributed by atoms with Crippen LogP contribution in [0.15, 0.2) is 48.3 Å². The average molecular weight is 344 g/mol. The smallest absolute Gasteiger partial charge is 0.124 e. The lowest BCUT2D eigenvalue weighted by Crippen LogP contribution is -2.21. The summed E-state index contributed by atoms with van der Waals surface area (Å²) in [5.74, 6) is -0.745. The first-order chi connectivity index (χ1) is 18.4. The third kappa shape index (κ3) is 3.12. The van der Waals surface area contributed by atoms with Gasteiger partial charge in [-0.05, 0) is 55.5 Å². The number of halogens is 1. The zero-order valence-electron chi connectivity index (χ0n) is 29.4. The third-order valence-electron chi connectivity index (χ3n) is 2.93. The standard InChI is InChI=1S/C19H20ClN3/c20-16-9-7-15(8-10-16)13-23-18-6-2-1-5-17(18)21-19(23)14-22-11-3-4-12-22/h1-2,5-10H,3-4,11-14H2/i1D,2D,3D2,4D2,5D,6D,7D,8D,9D,10D,11D2,12D2,13D2. The van der Waals surface area contributed by atoms with E-state index in [0.717, 1.165) is 0 Å². The second-order valence-corrected chi connectivity index (χ2v) is 4.80. The Hall–Kier alpha value is -1.84. The molecular formula is C19H20ClN3. The van der Waals surface area contributed by atoms with E-state index in [1.807, 2.05) is 0 Å². The van der Waals surface area contributed by atoms with E-state index >= 15 is 0 Å². The van der Waals surface area contributed by atoms with E-state index in [0.29, 0.717) is 4.57 Å². The summed E-state index contributed by atoms with van der Waals surface area (Å²) in [5.41, 5.74) is -2.18. The molecule has 0 unspecified atom stereocenters. The number of aromatic nitrogens is 2. The highest BCUT2D eigenvalue weighted by Gasteiger charge is 2.17. The molecule has 1 fully saturated rings. The molecule has 0 aliphatic carbocycles. The zero-order valence-corrected chi connectivity index (χ0v) is 12.2. The molecule has 3 aromatic rings. The van der Waals surface area contributed by atoms with Gasteiger partial charge in [-0.3, -0.25) is 4.90 Å². The predicted molar refractivity (Wildman–Crippen MR) is 94.8 cm³/mol. The van der Waals surface area contributed by atoms with Crippen molar-refractivity contribution in [2.24, 2.45) is 0 Å². The summed E-state index contributed by atoms with van der Waals surface area (Å²) in [6.07, 6.45) is -6.91. The van der Waals surface area contributed by atoms with Crippen LogP contribution in [-0.2, 0) is 13.0 Å². The van der Waals surface area contributed by atoms with Crippen LogP contribution in [0.1, 0.15) is 48.8 Å². The van der Waals surface area contributed by atoms with Crippen LogP contribution in [0.3, 0.4) is 0 Å². The Kier molecular flexibility index (Phi) is 1.33. The minimum Gasteiger partial charge on any atom is -0.322 e. The number of hydrogen-bond donors (Lipinski definition) is 0. The van der Waals surface area contributed by atoms with Crippen LogP contribution in [0.5, 0.6) is 0 Å². The highest BCUT2D eigenvalue weighted by Crippen LogP contribution is 2.21. The fourth-order valence-electron chi connectivity index (χ4n) is 1.98. The number of benzene rings is 2. The van der Waals surface area contributed by atoms with Crippen LogP contribution in [0.25, 0.3) is 11.0 Å². The fraction of sp³-hybridized carbons (Fsp3) is 0.316. The lowest BCUT2D eigenvalue weighted by molar-refractivity contribution is 0.318. The first-order valence-corrected chi connectivity index (χ1v) is 6.80. The number of nitrogens with zero attached hydrogens (tertiary/aromatic N) is 3. The van der Waals surface area contributed by atoms with Crippen LogP contribution in [0, 0.1) is 0 Å². The second-order valence-electron chi connectivity index (χ2n) is 4.42. The van der Waals surface area contributed by atoms with Crippen molar-refractivity contribution in [1.29, 1.82) is 0 Å². The molecule has 0 atom stereocenters. The molecule has 1 aliphatic rings. The Morgan fingerprint density at radius 3 is 2.65 bits per heavy atom. The van der Waals surface area contributed by atoms with Gasteiger partial charge in [-0.25, -0.2) is 4.98 Å². The van der Waals surface area contributed by atoms with Crippen LogP contribution < -0.4 is 0 Å². The van der Waals surface area contributed by atoms with Gasteiger partial charge in [0.2, 0.25) is 0 Å². The van der Waals surface area contributed by atoms with Gasteiger partial charge in [0.15, 0.2) is 0 Å². The van der Waals surface area contributed by atoms with E-state index in [9.17, 15) is 0 Å². The molecule has 0 saturated carbocycles. The van der Waals surface area contributed by atoms with E-state index in [1.54, 1.807) is 0 Å². The molecule has 0 amide bonds. The maximum atomic E-state index is 8.95. The summed E-state index contributed by atoms with van der Waals surface area (Å²) in [6.45, 7) is -11.2. The summed E-state index contributed by atoms with van der Waals surface area (Å²) >= 11 is 5.86. The number of fused-ring (bicyclic) bond motifs is 1. The zero-order chi connectivity index (χ0) is 31.6. The summed E-state index contributed by atoms with van der Waals surface area (Å²) < 4.78 is 149. The van der Waals surface area contributed by atoms with E-state index < -0.39 is 115 Å². The lowest BCUT2D eigenvalue weighted by Gasteiger charge is -2.16. The monoisotopic (exact) mass is 343 g/mol. The van der Waals surface area contributed by atoms with Crippen molar-refractivity contribution in [3.63, 3.8) is 0 Å². The van der Waals surface area contributed by atoms with Crippen LogP contribution in [0.4, 0.5) is 0 Å². The SMILES string of the molecule is [2H]c1c([2H])c(C([2H])([2H])n2c(CN3C([2H])([2H])C([2H])([2H])C([2H])([2H])C3([2H])[2H])nc3c([2H])c([2H])c([2H])c([2H])c32)c([2H])c([2H])c1Cl. The van der Waals surface area contributed by atoms with Crippen molar-refractivity contribution in [3.8, 4) is 0 Å². The molecule has 0 spiro atoms. The molecule has 0 bridgehead atoms. The molecule has 3 nitrogen and oxygen atoms in total. The Balaban J connectivity index is 2.14. The lowest BCUT2D eigenvalue weighted by atomic mass is 10.2. The van der Waals surface area contributed by atoms with Crippen molar-refractivity contribution in [2.45, 2.75) is 25.8 Å². The van der Waals surface area contributed by atoms with Crippen molar-refractivity contribution >= 4 is 22.6 Å². The predicted octanol–water partition coefficient (Wildman–Crippen LogP) is 4.33. The molecule has 0 N–H and O–H groups in total. The van der Waals surface area contributed by atoms with Gasteiger partial charge in [-0.15, -0.1) is 0 Å². The second kappa shape index (κ2) is 6.34. The van der Waals surface area contributed by atoms with Gasteiger partial charge in [0.25, 0.3) is 0 Å². The maximum absolute atomic E-state index is 8.95. The Labute approximate surface area is 166 Å². The number of likely N-dealkylation sites (tertiary alicyclic amines) is 1. The van der Waals surface area contributed by atoms with Crippen molar-refractivity contribution in [3.05, 3.63) is 64.7 Å². The Bertz CT molecular complexity index is 1560. The van der Waals surface area contributed by atoms with Gasteiger partial charge in [0, 0.05) is 22.5 Å². The number of rotatable bonds is 4. The summed E-state index contributed by atoms with van der Waals surface area (Å²) in [5, 5.41) is -0.625. The van der Waals surface area contributed by atoms with Gasteiger partial charge in [-0.2, -0.15) is 0 Å². The highest BCUT2D eigenvalue weighted by molar-refractivity contribution is 6.30. The van der Waals surface area contributed by atoms with E-state index in [4.69, 9.17) is 36.3 Å². The molecule has 1 aromatic heterocycles. The normalized spacial score (nSPS) is 36.2. The summed E-state index contributed by atoms with van der Waals surface area (Å²) in [4.78, 5) is 4.14. The molecule has 4 heteroatoms. The van der Waals surface area contributed by atoms with E-state index in [2.05, 4.69) is 4.98 Å². The topological polar surface area (TPSA) is 21.1 Å². The van der Waals surface area contributed by atoms with Gasteiger partial charge < -0.3 is 4.57 Å². The average Bonchev–Trinajstić information content (AvgIpc) is 3.28. The Morgan fingerprint density at radius 2 is 1.87 bits per heavy atom. The number of imidazole rings is 1. The van der Waals surface area contributed by atoms with E-state index in [1.165, 1.54) is 0 Å². The molecule has 118 valence electrons.